The molecule has 0 aromatic heterocycles. The molecule has 2 heterocycles. The molecular formula is C21H30N4O3. The third-order valence-electron chi connectivity index (χ3n) is 5.70. The topological polar surface area (TPSA) is 64.2 Å². The van der Waals surface area contributed by atoms with Gasteiger partial charge >= 0.3 is 0 Å². The zero-order valence-electron chi connectivity index (χ0n) is 16.8. The summed E-state index contributed by atoms with van der Waals surface area (Å²) in [4.78, 5) is 45.0. The fourth-order valence-corrected chi connectivity index (χ4v) is 3.98. The summed E-state index contributed by atoms with van der Waals surface area (Å²) in [5, 5.41) is 0. The van der Waals surface area contributed by atoms with Crippen molar-refractivity contribution in [1.29, 1.82) is 0 Å². The molecule has 2 fully saturated rings. The molecule has 0 saturated carbocycles. The van der Waals surface area contributed by atoms with Gasteiger partial charge in [0, 0.05) is 57.9 Å². The minimum Gasteiger partial charge on any atom is -0.342 e. The third kappa shape index (κ3) is 4.52. The van der Waals surface area contributed by atoms with Gasteiger partial charge in [0.2, 0.25) is 17.7 Å². The molecule has 2 saturated heterocycles. The summed E-state index contributed by atoms with van der Waals surface area (Å²) >= 11 is 0. The highest BCUT2D eigenvalue weighted by molar-refractivity contribution is 6.00. The lowest BCUT2D eigenvalue weighted by atomic mass is 10.1. The minimum atomic E-state index is -0.281. The maximum Gasteiger partial charge on any atom is 0.236 e. The fraction of sp³-hybridized carbons (Fsp3) is 0.571. The largest absolute Gasteiger partial charge is 0.342 e. The van der Waals surface area contributed by atoms with Crippen LogP contribution in [0.4, 0.5) is 5.69 Å². The standard InChI is InChI=1S/C21H30N4O3/c1-3-23(4-2)20(27)16-22-10-12-24(13-11-22)21(28)17-14-19(26)25(15-17)18-8-6-5-7-9-18/h5-9,17H,3-4,10-16H2,1-2H3. The van der Waals surface area contributed by atoms with Crippen LogP contribution in [-0.2, 0) is 14.4 Å². The molecule has 0 bridgehead atoms. The maximum atomic E-state index is 12.9. The van der Waals surface area contributed by atoms with E-state index >= 15 is 0 Å². The molecule has 2 aliphatic heterocycles. The Morgan fingerprint density at radius 1 is 1.04 bits per heavy atom. The highest BCUT2D eigenvalue weighted by atomic mass is 16.2. The quantitative estimate of drug-likeness (QED) is 0.733. The van der Waals surface area contributed by atoms with Crippen molar-refractivity contribution in [3.8, 4) is 0 Å². The number of carbonyl (C=O) groups is 3. The molecule has 1 atom stereocenters. The lowest BCUT2D eigenvalue weighted by Gasteiger charge is -2.36. The van der Waals surface area contributed by atoms with Crippen LogP contribution in [0.2, 0.25) is 0 Å². The van der Waals surface area contributed by atoms with E-state index in [4.69, 9.17) is 0 Å². The SMILES string of the molecule is CCN(CC)C(=O)CN1CCN(C(=O)C2CC(=O)N(c3ccccc3)C2)CC1. The Balaban J connectivity index is 1.50. The molecule has 0 aliphatic carbocycles. The summed E-state index contributed by atoms with van der Waals surface area (Å²) in [6, 6.07) is 9.51. The smallest absolute Gasteiger partial charge is 0.236 e. The number of piperazine rings is 1. The lowest BCUT2D eigenvalue weighted by molar-refractivity contribution is -0.138. The minimum absolute atomic E-state index is 0.00741. The second-order valence-electron chi connectivity index (χ2n) is 7.41. The molecule has 2 aliphatic rings. The average molecular weight is 386 g/mol. The second-order valence-corrected chi connectivity index (χ2v) is 7.41. The summed E-state index contributed by atoms with van der Waals surface area (Å²) in [6.07, 6.45) is 0.272. The first-order chi connectivity index (χ1) is 13.5. The van der Waals surface area contributed by atoms with Crippen LogP contribution >= 0.6 is 0 Å². The molecule has 7 heteroatoms. The molecule has 1 aromatic rings. The number of amides is 3. The van der Waals surface area contributed by atoms with Crippen molar-refractivity contribution in [3.05, 3.63) is 30.3 Å². The van der Waals surface area contributed by atoms with Gasteiger partial charge in [-0.3, -0.25) is 19.3 Å². The lowest BCUT2D eigenvalue weighted by Crippen LogP contribution is -2.52. The number of nitrogens with zero attached hydrogens (tertiary/aromatic N) is 4. The van der Waals surface area contributed by atoms with E-state index in [1.54, 1.807) is 4.90 Å². The number of hydrogen-bond donors (Lipinski definition) is 0. The number of hydrogen-bond acceptors (Lipinski definition) is 4. The van der Waals surface area contributed by atoms with Crippen molar-refractivity contribution < 1.29 is 14.4 Å². The van der Waals surface area contributed by atoms with Crippen molar-refractivity contribution >= 4 is 23.4 Å². The number of benzene rings is 1. The maximum absolute atomic E-state index is 12.9. The number of anilines is 1. The number of carbonyl (C=O) groups excluding carboxylic acids is 3. The molecule has 152 valence electrons. The van der Waals surface area contributed by atoms with Crippen LogP contribution < -0.4 is 4.90 Å². The molecule has 0 radical (unpaired) electrons. The molecule has 3 amide bonds. The first kappa shape index (κ1) is 20.3. The molecule has 7 nitrogen and oxygen atoms in total. The van der Waals surface area contributed by atoms with Crippen LogP contribution in [0.5, 0.6) is 0 Å². The summed E-state index contributed by atoms with van der Waals surface area (Å²) in [7, 11) is 0. The van der Waals surface area contributed by atoms with Crippen molar-refractivity contribution in [2.24, 2.45) is 5.92 Å². The monoisotopic (exact) mass is 386 g/mol. The molecule has 0 spiro atoms. The van der Waals surface area contributed by atoms with E-state index < -0.39 is 0 Å². The summed E-state index contributed by atoms with van der Waals surface area (Å²) in [6.45, 7) is 8.89. The van der Waals surface area contributed by atoms with Gasteiger partial charge in [0.1, 0.15) is 0 Å². The Bertz CT molecular complexity index is 697. The van der Waals surface area contributed by atoms with Gasteiger partial charge in [-0.1, -0.05) is 18.2 Å². The van der Waals surface area contributed by atoms with Gasteiger partial charge in [-0.15, -0.1) is 0 Å². The van der Waals surface area contributed by atoms with Gasteiger partial charge in [0.25, 0.3) is 0 Å². The zero-order chi connectivity index (χ0) is 20.1. The molecular weight excluding hydrogens is 356 g/mol. The Kier molecular flexibility index (Phi) is 6.67. The van der Waals surface area contributed by atoms with Crippen LogP contribution in [0.15, 0.2) is 30.3 Å². The average Bonchev–Trinajstić information content (AvgIpc) is 3.11. The summed E-state index contributed by atoms with van der Waals surface area (Å²) < 4.78 is 0. The van der Waals surface area contributed by atoms with Crippen molar-refractivity contribution in [3.63, 3.8) is 0 Å². The Morgan fingerprint density at radius 2 is 1.68 bits per heavy atom. The van der Waals surface area contributed by atoms with E-state index in [0.29, 0.717) is 39.3 Å². The third-order valence-corrected chi connectivity index (χ3v) is 5.70. The van der Waals surface area contributed by atoms with Crippen molar-refractivity contribution in [1.82, 2.24) is 14.7 Å². The first-order valence-electron chi connectivity index (χ1n) is 10.2. The van der Waals surface area contributed by atoms with E-state index in [-0.39, 0.29) is 30.1 Å². The highest BCUT2D eigenvalue weighted by Crippen LogP contribution is 2.26. The fourth-order valence-electron chi connectivity index (χ4n) is 3.98. The van der Waals surface area contributed by atoms with Crippen LogP contribution in [0.25, 0.3) is 0 Å². The molecule has 28 heavy (non-hydrogen) atoms. The van der Waals surface area contributed by atoms with E-state index in [9.17, 15) is 14.4 Å². The second kappa shape index (κ2) is 9.19. The normalized spacial score (nSPS) is 20.5. The number of likely N-dealkylation sites (N-methyl/N-ethyl adjacent to an activating group) is 1. The zero-order valence-corrected chi connectivity index (χ0v) is 16.8. The van der Waals surface area contributed by atoms with Crippen molar-refractivity contribution in [2.45, 2.75) is 20.3 Å². The molecule has 0 N–H and O–H groups in total. The first-order valence-corrected chi connectivity index (χ1v) is 10.2. The van der Waals surface area contributed by atoms with Crippen LogP contribution in [0, 0.1) is 5.92 Å². The van der Waals surface area contributed by atoms with Gasteiger partial charge in [0.15, 0.2) is 0 Å². The number of rotatable bonds is 6. The van der Waals surface area contributed by atoms with Gasteiger partial charge < -0.3 is 14.7 Å². The molecule has 1 aromatic carbocycles. The van der Waals surface area contributed by atoms with E-state index in [1.807, 2.05) is 54.0 Å². The molecule has 3 rings (SSSR count). The number of para-hydroxylation sites is 1. The predicted molar refractivity (Wildman–Crippen MR) is 108 cm³/mol. The van der Waals surface area contributed by atoms with E-state index in [0.717, 1.165) is 18.8 Å². The Hall–Kier alpha value is -2.41. The summed E-state index contributed by atoms with van der Waals surface area (Å²) in [5.41, 5.74) is 0.850. The molecule has 1 unspecified atom stereocenters. The van der Waals surface area contributed by atoms with E-state index in [1.165, 1.54) is 0 Å². The highest BCUT2D eigenvalue weighted by Gasteiger charge is 2.38. The van der Waals surface area contributed by atoms with Crippen LogP contribution in [0.1, 0.15) is 20.3 Å². The van der Waals surface area contributed by atoms with Gasteiger partial charge in [-0.05, 0) is 26.0 Å². The van der Waals surface area contributed by atoms with E-state index in [2.05, 4.69) is 4.90 Å². The Morgan fingerprint density at radius 3 is 2.29 bits per heavy atom. The van der Waals surface area contributed by atoms with Crippen LogP contribution in [-0.4, -0.2) is 84.8 Å². The Labute approximate surface area is 166 Å². The van der Waals surface area contributed by atoms with Gasteiger partial charge in [-0.2, -0.15) is 0 Å². The van der Waals surface area contributed by atoms with Gasteiger partial charge in [0.05, 0.1) is 12.5 Å². The predicted octanol–water partition coefficient (Wildman–Crippen LogP) is 1.05. The summed E-state index contributed by atoms with van der Waals surface area (Å²) in [5.74, 6) is -0.0734. The van der Waals surface area contributed by atoms with Crippen LogP contribution in [0.3, 0.4) is 0 Å². The van der Waals surface area contributed by atoms with Gasteiger partial charge in [-0.25, -0.2) is 0 Å². The van der Waals surface area contributed by atoms with Crippen molar-refractivity contribution in [2.75, 3.05) is 57.3 Å².